The van der Waals surface area contributed by atoms with E-state index < -0.39 is 0 Å². The maximum Gasteiger partial charge on any atom is 0.224 e. The van der Waals surface area contributed by atoms with Gasteiger partial charge in [-0.1, -0.05) is 23.7 Å². The lowest BCUT2D eigenvalue weighted by Crippen LogP contribution is -2.12. The number of fused-ring (bicyclic) bond motifs is 1. The number of benzene rings is 2. The normalized spacial score (nSPS) is 10.7. The van der Waals surface area contributed by atoms with Crippen LogP contribution in [0.3, 0.4) is 0 Å². The van der Waals surface area contributed by atoms with E-state index in [1.807, 2.05) is 24.3 Å². The lowest BCUT2D eigenvalue weighted by Gasteiger charge is -2.08. The molecule has 0 aliphatic carbocycles. The van der Waals surface area contributed by atoms with Crippen LogP contribution in [-0.4, -0.2) is 18.0 Å². The molecule has 0 saturated heterocycles. The maximum absolute atomic E-state index is 12.1. The third-order valence-corrected chi connectivity index (χ3v) is 4.76. The van der Waals surface area contributed by atoms with Crippen molar-refractivity contribution in [1.82, 2.24) is 4.98 Å². The summed E-state index contributed by atoms with van der Waals surface area (Å²) in [4.78, 5) is 16.6. The molecule has 1 amide bonds. The first-order valence-electron chi connectivity index (χ1n) is 7.13. The summed E-state index contributed by atoms with van der Waals surface area (Å²) < 4.78 is 6.23. The second kappa shape index (κ2) is 6.98. The van der Waals surface area contributed by atoms with Gasteiger partial charge < -0.3 is 10.1 Å². The molecule has 0 saturated carbocycles. The highest BCUT2D eigenvalue weighted by Crippen LogP contribution is 2.27. The number of para-hydroxylation sites is 1. The predicted molar refractivity (Wildman–Crippen MR) is 94.6 cm³/mol. The van der Waals surface area contributed by atoms with Crippen LogP contribution in [0.2, 0.25) is 5.02 Å². The summed E-state index contributed by atoms with van der Waals surface area (Å²) in [6.07, 6.45) is 0.973. The molecule has 0 bridgehead atoms. The third-order valence-electron chi connectivity index (χ3n) is 3.35. The van der Waals surface area contributed by atoms with Gasteiger partial charge in [0, 0.05) is 18.9 Å². The highest BCUT2D eigenvalue weighted by molar-refractivity contribution is 7.18. The molecule has 2 aromatic carbocycles. The van der Waals surface area contributed by atoms with Crippen LogP contribution < -0.4 is 10.1 Å². The van der Waals surface area contributed by atoms with Gasteiger partial charge in [0.05, 0.1) is 33.0 Å². The maximum atomic E-state index is 12.1. The van der Waals surface area contributed by atoms with Gasteiger partial charge in [-0.25, -0.2) is 4.98 Å². The molecule has 118 valence electrons. The molecule has 0 aliphatic rings. The Kier molecular flexibility index (Phi) is 4.79. The summed E-state index contributed by atoms with van der Waals surface area (Å²) in [6.45, 7) is 0. The molecule has 1 N–H and O–H groups in total. The minimum Gasteiger partial charge on any atom is -0.497 e. The number of methoxy groups -OCH3 is 1. The van der Waals surface area contributed by atoms with Crippen molar-refractivity contribution in [2.75, 3.05) is 12.4 Å². The number of anilines is 1. The standard InChI is InChI=1S/C17H15ClN2O2S/c1-22-11-6-7-13(12(18)10-11)19-16(21)8-9-17-20-14-4-2-3-5-15(14)23-17/h2-7,10H,8-9H2,1H3,(H,19,21). The summed E-state index contributed by atoms with van der Waals surface area (Å²) in [7, 11) is 1.57. The second-order valence-corrected chi connectivity index (χ2v) is 6.49. The van der Waals surface area contributed by atoms with Crippen molar-refractivity contribution in [1.29, 1.82) is 0 Å². The van der Waals surface area contributed by atoms with Crippen molar-refractivity contribution in [2.24, 2.45) is 0 Å². The van der Waals surface area contributed by atoms with E-state index in [1.165, 1.54) is 0 Å². The number of thiazole rings is 1. The molecule has 6 heteroatoms. The number of ether oxygens (including phenoxy) is 1. The molecule has 0 aliphatic heterocycles. The molecule has 1 aromatic heterocycles. The SMILES string of the molecule is COc1ccc(NC(=O)CCc2nc3ccccc3s2)c(Cl)c1. The van der Waals surface area contributed by atoms with Crippen LogP contribution in [-0.2, 0) is 11.2 Å². The topological polar surface area (TPSA) is 51.2 Å². The number of halogens is 1. The molecule has 0 atom stereocenters. The molecule has 1 heterocycles. The number of nitrogens with one attached hydrogen (secondary N) is 1. The Morgan fingerprint density at radius 3 is 2.87 bits per heavy atom. The molecule has 0 spiro atoms. The highest BCUT2D eigenvalue weighted by atomic mass is 35.5. The lowest BCUT2D eigenvalue weighted by atomic mass is 10.2. The fourth-order valence-corrected chi connectivity index (χ4v) is 3.37. The molecule has 4 nitrogen and oxygen atoms in total. The fourth-order valence-electron chi connectivity index (χ4n) is 2.18. The fraction of sp³-hybridized carbons (Fsp3) is 0.176. The van der Waals surface area contributed by atoms with E-state index in [-0.39, 0.29) is 5.91 Å². The average molecular weight is 347 g/mol. The Balaban J connectivity index is 1.61. The Bertz CT molecular complexity index is 814. The molecule has 3 aromatic rings. The smallest absolute Gasteiger partial charge is 0.224 e. The third kappa shape index (κ3) is 3.81. The number of hydrogen-bond acceptors (Lipinski definition) is 4. The Morgan fingerprint density at radius 2 is 2.13 bits per heavy atom. The van der Waals surface area contributed by atoms with E-state index in [2.05, 4.69) is 10.3 Å². The largest absolute Gasteiger partial charge is 0.497 e. The average Bonchev–Trinajstić information content (AvgIpc) is 2.97. The summed E-state index contributed by atoms with van der Waals surface area (Å²) in [5.74, 6) is 0.568. The molecule has 3 rings (SSSR count). The van der Waals surface area contributed by atoms with Gasteiger partial charge in [-0.2, -0.15) is 0 Å². The molecule has 0 radical (unpaired) electrons. The quantitative estimate of drug-likeness (QED) is 0.738. The van der Waals surface area contributed by atoms with Crippen LogP contribution in [0.25, 0.3) is 10.2 Å². The van der Waals surface area contributed by atoms with E-state index >= 15 is 0 Å². The summed E-state index contributed by atoms with van der Waals surface area (Å²) >= 11 is 7.74. The van der Waals surface area contributed by atoms with Crippen LogP contribution in [0.15, 0.2) is 42.5 Å². The first kappa shape index (κ1) is 15.8. The number of rotatable bonds is 5. The lowest BCUT2D eigenvalue weighted by molar-refractivity contribution is -0.116. The van der Waals surface area contributed by atoms with Crippen molar-refractivity contribution in [3.8, 4) is 5.75 Å². The number of hydrogen-bond donors (Lipinski definition) is 1. The molecular weight excluding hydrogens is 332 g/mol. The second-order valence-electron chi connectivity index (χ2n) is 4.97. The van der Waals surface area contributed by atoms with E-state index in [0.29, 0.717) is 29.3 Å². The van der Waals surface area contributed by atoms with Crippen molar-refractivity contribution < 1.29 is 9.53 Å². The van der Waals surface area contributed by atoms with Crippen LogP contribution in [0.4, 0.5) is 5.69 Å². The molecular formula is C17H15ClN2O2S. The summed E-state index contributed by atoms with van der Waals surface area (Å²) in [5, 5.41) is 4.23. The van der Waals surface area contributed by atoms with E-state index in [1.54, 1.807) is 36.6 Å². The van der Waals surface area contributed by atoms with Crippen LogP contribution in [0, 0.1) is 0 Å². The Morgan fingerprint density at radius 1 is 1.30 bits per heavy atom. The van der Waals surface area contributed by atoms with Crippen molar-refractivity contribution >= 4 is 44.7 Å². The number of carbonyl (C=O) groups excluding carboxylic acids is 1. The van der Waals surface area contributed by atoms with Gasteiger partial charge in [-0.15, -0.1) is 11.3 Å². The minimum atomic E-state index is -0.0867. The summed E-state index contributed by atoms with van der Waals surface area (Å²) in [5.41, 5.74) is 1.56. The van der Waals surface area contributed by atoms with Crippen molar-refractivity contribution in [3.05, 3.63) is 52.5 Å². The molecule has 23 heavy (non-hydrogen) atoms. The van der Waals surface area contributed by atoms with Crippen LogP contribution in [0.5, 0.6) is 5.75 Å². The predicted octanol–water partition coefficient (Wildman–Crippen LogP) is 4.53. The van der Waals surface area contributed by atoms with Gasteiger partial charge in [0.1, 0.15) is 5.75 Å². The summed E-state index contributed by atoms with van der Waals surface area (Å²) in [6, 6.07) is 13.1. The Hall–Kier alpha value is -2.11. The zero-order valence-electron chi connectivity index (χ0n) is 12.5. The highest BCUT2D eigenvalue weighted by Gasteiger charge is 2.09. The number of aryl methyl sites for hydroxylation is 1. The minimum absolute atomic E-state index is 0.0867. The molecule has 0 fully saturated rings. The van der Waals surface area contributed by atoms with Crippen LogP contribution >= 0.6 is 22.9 Å². The van der Waals surface area contributed by atoms with Gasteiger partial charge in [0.15, 0.2) is 0 Å². The van der Waals surface area contributed by atoms with Crippen molar-refractivity contribution in [2.45, 2.75) is 12.8 Å². The van der Waals surface area contributed by atoms with Gasteiger partial charge in [0.2, 0.25) is 5.91 Å². The van der Waals surface area contributed by atoms with Gasteiger partial charge in [-0.3, -0.25) is 4.79 Å². The Labute approximate surface area is 143 Å². The monoisotopic (exact) mass is 346 g/mol. The first-order valence-corrected chi connectivity index (χ1v) is 8.33. The number of amides is 1. The van der Waals surface area contributed by atoms with E-state index in [4.69, 9.17) is 16.3 Å². The van der Waals surface area contributed by atoms with Crippen molar-refractivity contribution in [3.63, 3.8) is 0 Å². The van der Waals surface area contributed by atoms with Gasteiger partial charge in [0.25, 0.3) is 0 Å². The van der Waals surface area contributed by atoms with E-state index in [0.717, 1.165) is 15.2 Å². The zero-order valence-corrected chi connectivity index (χ0v) is 14.1. The number of nitrogens with zero attached hydrogens (tertiary/aromatic N) is 1. The number of carbonyl (C=O) groups is 1. The first-order chi connectivity index (χ1) is 11.2. The van der Waals surface area contributed by atoms with Gasteiger partial charge in [-0.05, 0) is 24.3 Å². The van der Waals surface area contributed by atoms with Gasteiger partial charge >= 0.3 is 0 Å². The zero-order chi connectivity index (χ0) is 16.2. The van der Waals surface area contributed by atoms with E-state index in [9.17, 15) is 4.79 Å². The molecule has 0 unspecified atom stereocenters. The van der Waals surface area contributed by atoms with Crippen LogP contribution in [0.1, 0.15) is 11.4 Å². The number of aromatic nitrogens is 1.